The van der Waals surface area contributed by atoms with Crippen molar-refractivity contribution in [2.24, 2.45) is 0 Å². The number of carbonyl (C=O) groups excluding carboxylic acids is 1. The van der Waals surface area contributed by atoms with Gasteiger partial charge in [0.1, 0.15) is 12.6 Å². The van der Waals surface area contributed by atoms with Gasteiger partial charge in [-0.05, 0) is 12.8 Å². The molecule has 0 bridgehead atoms. The Bertz CT molecular complexity index is 346. The molecule has 0 saturated carbocycles. The van der Waals surface area contributed by atoms with Crippen LogP contribution >= 0.6 is 0 Å². The molecule has 0 aliphatic carbocycles. The Hall–Kier alpha value is -1.31. The van der Waals surface area contributed by atoms with Gasteiger partial charge in [0.15, 0.2) is 0 Å². The fourth-order valence-electron chi connectivity index (χ4n) is 2.15. The smallest absolute Gasteiger partial charge is 0.411 e. The lowest BCUT2D eigenvalue weighted by atomic mass is 10.1. The van der Waals surface area contributed by atoms with Crippen LogP contribution in [-0.4, -0.2) is 53.9 Å². The topological polar surface area (TPSA) is 66.8 Å². The minimum Gasteiger partial charge on any atom is -0.480 e. The van der Waals surface area contributed by atoms with Gasteiger partial charge in [-0.15, -0.1) is 0 Å². The number of carboxylic acids is 1. The molecule has 116 valence electrons. The average molecular weight is 297 g/mol. The molecule has 0 radical (unpaired) electrons. The van der Waals surface area contributed by atoms with Crippen LogP contribution in [-0.2, 0) is 14.3 Å². The fourth-order valence-corrected chi connectivity index (χ4v) is 2.15. The summed E-state index contributed by atoms with van der Waals surface area (Å²) in [5.74, 6) is -1.54. The first-order valence-electron chi connectivity index (χ1n) is 6.48. The van der Waals surface area contributed by atoms with Gasteiger partial charge in [-0.25, -0.2) is 4.79 Å². The number of likely N-dealkylation sites (tertiary alicyclic amines) is 1. The van der Waals surface area contributed by atoms with Gasteiger partial charge in [0, 0.05) is 6.54 Å². The molecule has 1 amide bonds. The summed E-state index contributed by atoms with van der Waals surface area (Å²) in [5, 5.41) is 9.09. The van der Waals surface area contributed by atoms with E-state index in [2.05, 4.69) is 4.74 Å². The molecule has 5 nitrogen and oxygen atoms in total. The number of aliphatic carboxylic acids is 1. The molecular formula is C12H18F3NO4. The zero-order valence-electron chi connectivity index (χ0n) is 11.0. The number of halogens is 3. The number of rotatable bonds is 5. The highest BCUT2D eigenvalue weighted by molar-refractivity contribution is 5.83. The maximum Gasteiger partial charge on any atom is 0.411 e. The molecule has 20 heavy (non-hydrogen) atoms. The second-order valence-corrected chi connectivity index (χ2v) is 4.71. The van der Waals surface area contributed by atoms with Crippen LogP contribution in [0.2, 0.25) is 0 Å². The summed E-state index contributed by atoms with van der Waals surface area (Å²) < 4.78 is 39.9. The number of nitrogens with zero attached hydrogens (tertiary/aromatic N) is 1. The molecule has 1 heterocycles. The predicted molar refractivity (Wildman–Crippen MR) is 63.1 cm³/mol. The van der Waals surface area contributed by atoms with Crippen molar-refractivity contribution in [2.45, 2.75) is 44.3 Å². The maximum atomic E-state index is 11.9. The summed E-state index contributed by atoms with van der Waals surface area (Å²) >= 11 is 0. The van der Waals surface area contributed by atoms with Gasteiger partial charge in [-0.2, -0.15) is 13.2 Å². The summed E-state index contributed by atoms with van der Waals surface area (Å²) in [6.07, 6.45) is -2.00. The van der Waals surface area contributed by atoms with Crippen LogP contribution in [0.25, 0.3) is 0 Å². The van der Waals surface area contributed by atoms with Crippen LogP contribution < -0.4 is 0 Å². The van der Waals surface area contributed by atoms with Crippen molar-refractivity contribution < 1.29 is 32.6 Å². The molecule has 1 unspecified atom stereocenters. The minimum atomic E-state index is -4.42. The highest BCUT2D eigenvalue weighted by atomic mass is 19.4. The largest absolute Gasteiger partial charge is 0.480 e. The molecule has 1 fully saturated rings. The van der Waals surface area contributed by atoms with Crippen LogP contribution in [0, 0.1) is 0 Å². The number of ether oxygens (including phenoxy) is 1. The molecule has 1 aliphatic heterocycles. The van der Waals surface area contributed by atoms with Crippen molar-refractivity contribution >= 4 is 11.9 Å². The Kier molecular flexibility index (Phi) is 6.25. The first-order chi connectivity index (χ1) is 9.31. The quantitative estimate of drug-likeness (QED) is 0.786. The molecule has 1 atom stereocenters. The van der Waals surface area contributed by atoms with E-state index in [0.29, 0.717) is 19.4 Å². The summed E-state index contributed by atoms with van der Waals surface area (Å²) in [4.78, 5) is 24.2. The normalized spacial score (nSPS) is 20.6. The van der Waals surface area contributed by atoms with Gasteiger partial charge in [-0.1, -0.05) is 12.8 Å². The van der Waals surface area contributed by atoms with E-state index >= 15 is 0 Å². The van der Waals surface area contributed by atoms with E-state index < -0.39 is 30.7 Å². The molecule has 1 aliphatic rings. The SMILES string of the molecule is O=C(O)C1CCCCCN1C(=O)CCOCC(F)(F)F. The lowest BCUT2D eigenvalue weighted by molar-refractivity contribution is -0.175. The highest BCUT2D eigenvalue weighted by Crippen LogP contribution is 2.18. The third-order valence-electron chi connectivity index (χ3n) is 3.08. The van der Waals surface area contributed by atoms with E-state index in [1.165, 1.54) is 4.90 Å². The lowest BCUT2D eigenvalue weighted by Gasteiger charge is -2.27. The standard InChI is InChI=1S/C12H18F3NO4/c13-12(14,15)8-20-7-5-10(17)16-6-3-1-2-4-9(16)11(18)19/h9H,1-8H2,(H,18,19). The zero-order chi connectivity index (χ0) is 15.2. The molecule has 0 spiro atoms. The minimum absolute atomic E-state index is 0.236. The maximum absolute atomic E-state index is 11.9. The first kappa shape index (κ1) is 16.7. The second-order valence-electron chi connectivity index (χ2n) is 4.71. The van der Waals surface area contributed by atoms with Gasteiger partial charge in [0.25, 0.3) is 0 Å². The van der Waals surface area contributed by atoms with Gasteiger partial charge in [0.2, 0.25) is 5.91 Å². The van der Waals surface area contributed by atoms with Crippen molar-refractivity contribution in [3.63, 3.8) is 0 Å². The average Bonchev–Trinajstić information content (AvgIpc) is 2.58. The summed E-state index contributed by atoms with van der Waals surface area (Å²) in [5.41, 5.74) is 0. The predicted octanol–water partition coefficient (Wildman–Crippen LogP) is 1.81. The molecule has 1 rings (SSSR count). The van der Waals surface area contributed by atoms with Crippen LogP contribution in [0.5, 0.6) is 0 Å². The number of carbonyl (C=O) groups is 2. The van der Waals surface area contributed by atoms with Crippen LogP contribution in [0.4, 0.5) is 13.2 Å². The van der Waals surface area contributed by atoms with Gasteiger partial charge >= 0.3 is 12.1 Å². The van der Waals surface area contributed by atoms with Crippen molar-refractivity contribution in [1.82, 2.24) is 4.90 Å². The zero-order valence-corrected chi connectivity index (χ0v) is 11.0. The van der Waals surface area contributed by atoms with E-state index in [9.17, 15) is 22.8 Å². The highest BCUT2D eigenvalue weighted by Gasteiger charge is 2.31. The Labute approximate surface area is 114 Å². The molecular weight excluding hydrogens is 279 g/mol. The van der Waals surface area contributed by atoms with E-state index in [-0.39, 0.29) is 13.0 Å². The van der Waals surface area contributed by atoms with Crippen molar-refractivity contribution in [3.8, 4) is 0 Å². The monoisotopic (exact) mass is 297 g/mol. The lowest BCUT2D eigenvalue weighted by Crippen LogP contribution is -2.45. The first-order valence-corrected chi connectivity index (χ1v) is 6.48. The van der Waals surface area contributed by atoms with Crippen LogP contribution in [0.15, 0.2) is 0 Å². The number of carboxylic acid groups (broad SMARTS) is 1. The second kappa shape index (κ2) is 7.47. The molecule has 1 N–H and O–H groups in total. The van der Waals surface area contributed by atoms with Crippen LogP contribution in [0.3, 0.4) is 0 Å². The van der Waals surface area contributed by atoms with Gasteiger partial charge in [0.05, 0.1) is 13.0 Å². The number of alkyl halides is 3. The van der Waals surface area contributed by atoms with Crippen molar-refractivity contribution in [3.05, 3.63) is 0 Å². The third kappa shape index (κ3) is 5.77. The van der Waals surface area contributed by atoms with Gasteiger partial charge < -0.3 is 14.7 Å². The Morgan fingerprint density at radius 1 is 1.25 bits per heavy atom. The Balaban J connectivity index is 2.44. The number of amides is 1. The molecule has 0 aromatic heterocycles. The number of hydrogen-bond donors (Lipinski definition) is 1. The van der Waals surface area contributed by atoms with E-state index in [1.807, 2.05) is 0 Å². The number of hydrogen-bond acceptors (Lipinski definition) is 3. The molecule has 0 aromatic rings. The van der Waals surface area contributed by atoms with Crippen molar-refractivity contribution in [1.29, 1.82) is 0 Å². The summed E-state index contributed by atoms with van der Waals surface area (Å²) in [7, 11) is 0. The third-order valence-corrected chi connectivity index (χ3v) is 3.08. The fraction of sp³-hybridized carbons (Fsp3) is 0.833. The van der Waals surface area contributed by atoms with Crippen LogP contribution in [0.1, 0.15) is 32.1 Å². The van der Waals surface area contributed by atoms with E-state index in [1.54, 1.807) is 0 Å². The van der Waals surface area contributed by atoms with Crippen molar-refractivity contribution in [2.75, 3.05) is 19.8 Å². The summed E-state index contributed by atoms with van der Waals surface area (Å²) in [6.45, 7) is -1.43. The molecule has 0 aromatic carbocycles. The van der Waals surface area contributed by atoms with Gasteiger partial charge in [-0.3, -0.25) is 4.79 Å². The molecule has 1 saturated heterocycles. The Morgan fingerprint density at radius 2 is 1.95 bits per heavy atom. The molecule has 8 heteroatoms. The van der Waals surface area contributed by atoms with E-state index in [0.717, 1.165) is 12.8 Å². The summed E-state index contributed by atoms with van der Waals surface area (Å²) in [6, 6.07) is -0.882. The van der Waals surface area contributed by atoms with E-state index in [4.69, 9.17) is 5.11 Å². The Morgan fingerprint density at radius 3 is 2.55 bits per heavy atom.